The smallest absolute Gasteiger partial charge is 0.341 e. The van der Waals surface area contributed by atoms with E-state index in [2.05, 4.69) is 10.0 Å². The number of rotatable bonds is 7. The van der Waals surface area contributed by atoms with Crippen molar-refractivity contribution < 1.29 is 27.5 Å². The fourth-order valence-electron chi connectivity index (χ4n) is 3.40. The number of hydrogen-bond donors (Lipinski definition) is 2. The highest BCUT2D eigenvalue weighted by Gasteiger charge is 2.29. The normalized spacial score (nSPS) is 13.3. The molecule has 1 aliphatic carbocycles. The van der Waals surface area contributed by atoms with E-state index >= 15 is 0 Å². The molecule has 0 saturated carbocycles. The second-order valence-corrected chi connectivity index (χ2v) is 9.47. The van der Waals surface area contributed by atoms with Crippen LogP contribution in [0.1, 0.15) is 50.9 Å². The van der Waals surface area contributed by atoms with Gasteiger partial charge in [0.2, 0.25) is 0 Å². The second-order valence-electron chi connectivity index (χ2n) is 6.68. The summed E-state index contributed by atoms with van der Waals surface area (Å²) >= 11 is 1.27. The van der Waals surface area contributed by atoms with Crippen LogP contribution in [0.3, 0.4) is 0 Å². The van der Waals surface area contributed by atoms with Crippen molar-refractivity contribution in [3.63, 3.8) is 0 Å². The van der Waals surface area contributed by atoms with Crippen LogP contribution in [0.15, 0.2) is 23.1 Å². The summed E-state index contributed by atoms with van der Waals surface area (Å²) in [5, 5.41) is 2.71. The van der Waals surface area contributed by atoms with E-state index in [0.717, 1.165) is 29.7 Å². The Kier molecular flexibility index (Phi) is 6.67. The zero-order chi connectivity index (χ0) is 21.9. The third kappa shape index (κ3) is 4.29. The van der Waals surface area contributed by atoms with Gasteiger partial charge in [0.1, 0.15) is 10.8 Å². The first-order valence-corrected chi connectivity index (χ1v) is 11.9. The Morgan fingerprint density at radius 2 is 1.93 bits per heavy atom. The van der Waals surface area contributed by atoms with Crippen LogP contribution in [-0.2, 0) is 27.6 Å². The monoisotopic (exact) mass is 452 g/mol. The minimum absolute atomic E-state index is 0.0963. The molecule has 0 saturated heterocycles. The van der Waals surface area contributed by atoms with Gasteiger partial charge in [-0.2, -0.15) is 0 Å². The highest BCUT2D eigenvalue weighted by Crippen LogP contribution is 2.39. The molecule has 162 valence electrons. The van der Waals surface area contributed by atoms with Crippen LogP contribution in [0, 0.1) is 0 Å². The number of ether oxygens (including phenoxy) is 2. The Bertz CT molecular complexity index is 1080. The fraction of sp³-hybridized carbons (Fsp3) is 0.400. The van der Waals surface area contributed by atoms with E-state index in [1.807, 2.05) is 0 Å². The van der Waals surface area contributed by atoms with E-state index in [4.69, 9.17) is 9.47 Å². The number of esters is 1. The summed E-state index contributed by atoms with van der Waals surface area (Å²) in [5.74, 6) is -0.745. The first-order valence-electron chi connectivity index (χ1n) is 9.57. The Balaban J connectivity index is 2.03. The molecule has 1 aromatic heterocycles. The Morgan fingerprint density at radius 3 is 2.60 bits per heavy atom. The van der Waals surface area contributed by atoms with Crippen molar-refractivity contribution >= 4 is 38.2 Å². The number of carbonyl (C=O) groups is 2. The topological polar surface area (TPSA) is 111 Å². The molecule has 1 amide bonds. The number of anilines is 1. The predicted octanol–water partition coefficient (Wildman–Crippen LogP) is 2.97. The maximum atomic E-state index is 13.1. The maximum absolute atomic E-state index is 13.1. The molecule has 2 N–H and O–H groups in total. The third-order valence-electron chi connectivity index (χ3n) is 4.83. The van der Waals surface area contributed by atoms with Gasteiger partial charge in [0, 0.05) is 11.9 Å². The number of nitrogens with one attached hydrogen (secondary N) is 2. The molecule has 10 heteroatoms. The van der Waals surface area contributed by atoms with Crippen LogP contribution in [0.25, 0.3) is 0 Å². The molecular formula is C20H24N2O6S2. The number of benzene rings is 1. The second kappa shape index (κ2) is 9.05. The Morgan fingerprint density at radius 1 is 1.20 bits per heavy atom. The molecule has 8 nitrogen and oxygen atoms in total. The predicted molar refractivity (Wildman–Crippen MR) is 114 cm³/mol. The Labute approximate surface area is 179 Å². The quantitative estimate of drug-likeness (QED) is 0.625. The lowest BCUT2D eigenvalue weighted by atomic mass is 9.95. The summed E-state index contributed by atoms with van der Waals surface area (Å²) in [6.07, 6.45) is 3.45. The molecule has 0 radical (unpaired) electrons. The third-order valence-corrected chi connectivity index (χ3v) is 7.51. The largest absolute Gasteiger partial charge is 0.496 e. The van der Waals surface area contributed by atoms with Crippen molar-refractivity contribution in [2.75, 3.05) is 25.5 Å². The molecule has 0 fully saturated rings. The summed E-state index contributed by atoms with van der Waals surface area (Å²) in [7, 11) is -1.21. The average molecular weight is 453 g/mol. The lowest BCUT2D eigenvalue weighted by Crippen LogP contribution is -2.20. The Hall–Kier alpha value is -2.59. The van der Waals surface area contributed by atoms with Gasteiger partial charge in [0.25, 0.3) is 15.9 Å². The van der Waals surface area contributed by atoms with Gasteiger partial charge in [-0.25, -0.2) is 13.2 Å². The molecule has 1 aliphatic rings. The summed E-state index contributed by atoms with van der Waals surface area (Å²) in [6.45, 7) is 1.90. The summed E-state index contributed by atoms with van der Waals surface area (Å²) in [4.78, 5) is 25.6. The van der Waals surface area contributed by atoms with Gasteiger partial charge in [0.15, 0.2) is 0 Å². The summed E-state index contributed by atoms with van der Waals surface area (Å²) < 4.78 is 39.0. The van der Waals surface area contributed by atoms with E-state index in [0.29, 0.717) is 12.0 Å². The molecule has 0 unspecified atom stereocenters. The molecule has 30 heavy (non-hydrogen) atoms. The molecule has 1 aromatic carbocycles. The molecule has 3 rings (SSSR count). The number of fused-ring (bicyclic) bond motifs is 1. The van der Waals surface area contributed by atoms with Gasteiger partial charge in [-0.3, -0.25) is 9.52 Å². The molecule has 0 spiro atoms. The highest BCUT2D eigenvalue weighted by atomic mass is 32.2. The number of hydrogen-bond acceptors (Lipinski definition) is 7. The molecular weight excluding hydrogens is 428 g/mol. The van der Waals surface area contributed by atoms with E-state index in [-0.39, 0.29) is 27.8 Å². The molecule has 1 heterocycles. The van der Waals surface area contributed by atoms with Crippen LogP contribution < -0.4 is 14.8 Å². The van der Waals surface area contributed by atoms with Crippen molar-refractivity contribution in [3.8, 4) is 5.75 Å². The minimum Gasteiger partial charge on any atom is -0.496 e. The SMILES string of the molecule is CCOC(=O)c1c(NS(=O)(=O)c2ccc(OC)c(C(=O)NC)c2)sc2c1CCCC2. The number of methoxy groups -OCH3 is 1. The first kappa shape index (κ1) is 22.1. The first-order chi connectivity index (χ1) is 14.3. The number of amides is 1. The van der Waals surface area contributed by atoms with Crippen LogP contribution in [0.5, 0.6) is 5.75 Å². The van der Waals surface area contributed by atoms with Gasteiger partial charge in [-0.05, 0) is 56.4 Å². The van der Waals surface area contributed by atoms with E-state index < -0.39 is 21.9 Å². The van der Waals surface area contributed by atoms with Crippen molar-refractivity contribution in [1.29, 1.82) is 0 Å². The minimum atomic E-state index is -4.06. The molecule has 0 aliphatic heterocycles. The van der Waals surface area contributed by atoms with Gasteiger partial charge < -0.3 is 14.8 Å². The van der Waals surface area contributed by atoms with Gasteiger partial charge in [-0.15, -0.1) is 11.3 Å². The summed E-state index contributed by atoms with van der Waals surface area (Å²) in [6, 6.07) is 4.02. The number of aryl methyl sites for hydroxylation is 1. The van der Waals surface area contributed by atoms with Gasteiger partial charge in [-0.1, -0.05) is 0 Å². The average Bonchev–Trinajstić information content (AvgIpc) is 3.09. The summed E-state index contributed by atoms with van der Waals surface area (Å²) in [5.41, 5.74) is 1.25. The van der Waals surface area contributed by atoms with E-state index in [9.17, 15) is 18.0 Å². The van der Waals surface area contributed by atoms with Crippen molar-refractivity contribution in [1.82, 2.24) is 5.32 Å². The number of carbonyl (C=O) groups excluding carboxylic acids is 2. The van der Waals surface area contributed by atoms with E-state index in [1.165, 1.54) is 43.7 Å². The van der Waals surface area contributed by atoms with E-state index in [1.54, 1.807) is 6.92 Å². The zero-order valence-corrected chi connectivity index (χ0v) is 18.7. The van der Waals surface area contributed by atoms with Crippen molar-refractivity contribution in [2.45, 2.75) is 37.5 Å². The zero-order valence-electron chi connectivity index (χ0n) is 17.0. The lowest BCUT2D eigenvalue weighted by Gasteiger charge is -2.13. The number of sulfonamides is 1. The van der Waals surface area contributed by atoms with Crippen LogP contribution in [-0.4, -0.2) is 41.1 Å². The fourth-order valence-corrected chi connectivity index (χ4v) is 6.01. The maximum Gasteiger partial charge on any atom is 0.341 e. The van der Waals surface area contributed by atoms with Gasteiger partial charge in [0.05, 0.1) is 29.7 Å². The lowest BCUT2D eigenvalue weighted by molar-refractivity contribution is 0.0526. The van der Waals surface area contributed by atoms with Crippen LogP contribution in [0.2, 0.25) is 0 Å². The van der Waals surface area contributed by atoms with Crippen molar-refractivity contribution in [3.05, 3.63) is 39.8 Å². The van der Waals surface area contributed by atoms with Crippen LogP contribution in [0.4, 0.5) is 5.00 Å². The van der Waals surface area contributed by atoms with Crippen molar-refractivity contribution in [2.24, 2.45) is 0 Å². The molecule has 2 aromatic rings. The number of thiophene rings is 1. The highest BCUT2D eigenvalue weighted by molar-refractivity contribution is 7.93. The molecule has 0 atom stereocenters. The standard InChI is InChI=1S/C20H24N2O6S2/c1-4-28-20(24)17-13-7-5-6-8-16(13)29-19(17)22-30(25,26)12-9-10-15(27-3)14(11-12)18(23)21-2/h9-11,22H,4-8H2,1-3H3,(H,21,23). The van der Waals surface area contributed by atoms with Gasteiger partial charge >= 0.3 is 5.97 Å². The molecule has 0 bridgehead atoms. The van der Waals surface area contributed by atoms with Crippen LogP contribution >= 0.6 is 11.3 Å².